The molecule has 0 amide bonds. The molecule has 0 saturated carbocycles. The summed E-state index contributed by atoms with van der Waals surface area (Å²) in [4.78, 5) is 1.47. The lowest BCUT2D eigenvalue weighted by atomic mass is 9.97. The SMILES string of the molecule is CNC1CC(C)Sc2cc(C)c(C)cc21. The van der Waals surface area contributed by atoms with Crippen molar-refractivity contribution in [1.29, 1.82) is 0 Å². The zero-order valence-electron chi connectivity index (χ0n) is 9.92. The van der Waals surface area contributed by atoms with Crippen molar-refractivity contribution in [2.45, 2.75) is 43.4 Å². The summed E-state index contributed by atoms with van der Waals surface area (Å²) in [7, 11) is 2.06. The van der Waals surface area contributed by atoms with Crippen LogP contribution < -0.4 is 5.32 Å². The molecule has 0 fully saturated rings. The standard InChI is InChI=1S/C13H19NS/c1-8-5-11-12(14-4)7-10(3)15-13(11)6-9(8)2/h5-6,10,12,14H,7H2,1-4H3. The van der Waals surface area contributed by atoms with Crippen molar-refractivity contribution in [2.24, 2.45) is 0 Å². The number of hydrogen-bond acceptors (Lipinski definition) is 2. The number of fused-ring (bicyclic) bond motifs is 1. The molecule has 2 rings (SSSR count). The van der Waals surface area contributed by atoms with Crippen LogP contribution in [0.5, 0.6) is 0 Å². The van der Waals surface area contributed by atoms with Crippen molar-refractivity contribution in [3.05, 3.63) is 28.8 Å². The van der Waals surface area contributed by atoms with Crippen molar-refractivity contribution >= 4 is 11.8 Å². The van der Waals surface area contributed by atoms with Gasteiger partial charge in [0, 0.05) is 16.2 Å². The first-order chi connectivity index (χ1) is 7.11. The molecule has 2 heteroatoms. The maximum absolute atomic E-state index is 3.42. The Kier molecular flexibility index (Phi) is 3.08. The van der Waals surface area contributed by atoms with Gasteiger partial charge < -0.3 is 5.32 Å². The monoisotopic (exact) mass is 221 g/mol. The van der Waals surface area contributed by atoms with Crippen LogP contribution in [0.3, 0.4) is 0 Å². The van der Waals surface area contributed by atoms with Gasteiger partial charge in [-0.15, -0.1) is 11.8 Å². The van der Waals surface area contributed by atoms with Gasteiger partial charge in [-0.25, -0.2) is 0 Å². The van der Waals surface area contributed by atoms with Gasteiger partial charge >= 0.3 is 0 Å². The Hall–Kier alpha value is -0.470. The summed E-state index contributed by atoms with van der Waals surface area (Å²) in [5, 5.41) is 4.14. The lowest BCUT2D eigenvalue weighted by molar-refractivity contribution is 0.530. The fourth-order valence-electron chi connectivity index (χ4n) is 2.18. The van der Waals surface area contributed by atoms with Crippen LogP contribution in [-0.2, 0) is 0 Å². The van der Waals surface area contributed by atoms with E-state index < -0.39 is 0 Å². The van der Waals surface area contributed by atoms with Gasteiger partial charge in [-0.05, 0) is 50.1 Å². The van der Waals surface area contributed by atoms with Crippen LogP contribution in [0.4, 0.5) is 0 Å². The number of thioether (sulfide) groups is 1. The maximum atomic E-state index is 3.42. The number of benzene rings is 1. The van der Waals surface area contributed by atoms with Gasteiger partial charge in [0.25, 0.3) is 0 Å². The van der Waals surface area contributed by atoms with Crippen LogP contribution >= 0.6 is 11.8 Å². The molecule has 15 heavy (non-hydrogen) atoms. The first-order valence-electron chi connectivity index (χ1n) is 5.57. The quantitative estimate of drug-likeness (QED) is 0.779. The second-order valence-electron chi connectivity index (χ2n) is 4.48. The minimum atomic E-state index is 0.538. The van der Waals surface area contributed by atoms with Crippen LogP contribution in [0.25, 0.3) is 0 Å². The predicted molar refractivity (Wildman–Crippen MR) is 67.7 cm³/mol. The molecule has 1 aliphatic rings. The van der Waals surface area contributed by atoms with E-state index in [1.165, 1.54) is 28.0 Å². The molecule has 1 aromatic carbocycles. The molecule has 82 valence electrons. The average molecular weight is 221 g/mol. The third-order valence-corrected chi connectivity index (χ3v) is 4.45. The van der Waals surface area contributed by atoms with Crippen LogP contribution in [0.15, 0.2) is 17.0 Å². The molecule has 0 bridgehead atoms. The van der Waals surface area contributed by atoms with Crippen molar-refractivity contribution in [3.8, 4) is 0 Å². The number of hydrogen-bond donors (Lipinski definition) is 1. The molecular formula is C13H19NS. The molecule has 2 unspecified atom stereocenters. The van der Waals surface area contributed by atoms with E-state index in [1.807, 2.05) is 11.8 Å². The van der Waals surface area contributed by atoms with Crippen LogP contribution in [0, 0.1) is 13.8 Å². The minimum absolute atomic E-state index is 0.538. The van der Waals surface area contributed by atoms with E-state index in [0.29, 0.717) is 6.04 Å². The van der Waals surface area contributed by atoms with Gasteiger partial charge in [0.2, 0.25) is 0 Å². The number of rotatable bonds is 1. The van der Waals surface area contributed by atoms with Gasteiger partial charge in [0.1, 0.15) is 0 Å². The summed E-state index contributed by atoms with van der Waals surface area (Å²) in [6, 6.07) is 5.23. The Morgan fingerprint density at radius 3 is 2.60 bits per heavy atom. The highest BCUT2D eigenvalue weighted by atomic mass is 32.2. The second-order valence-corrected chi connectivity index (χ2v) is 5.96. The van der Waals surface area contributed by atoms with Crippen molar-refractivity contribution in [1.82, 2.24) is 5.32 Å². The zero-order chi connectivity index (χ0) is 11.0. The molecular weight excluding hydrogens is 202 g/mol. The fraction of sp³-hybridized carbons (Fsp3) is 0.538. The highest BCUT2D eigenvalue weighted by Crippen LogP contribution is 2.41. The Bertz CT molecular complexity index is 373. The number of aryl methyl sites for hydroxylation is 2. The maximum Gasteiger partial charge on any atom is 0.0339 e. The molecule has 1 nitrogen and oxygen atoms in total. The molecule has 0 aliphatic carbocycles. The Morgan fingerprint density at radius 2 is 1.93 bits per heavy atom. The van der Waals surface area contributed by atoms with E-state index in [0.717, 1.165) is 5.25 Å². The average Bonchev–Trinajstić information content (AvgIpc) is 2.19. The Balaban J connectivity index is 2.47. The van der Waals surface area contributed by atoms with Crippen LogP contribution in [0.2, 0.25) is 0 Å². The molecule has 1 heterocycles. The molecule has 0 radical (unpaired) electrons. The van der Waals surface area contributed by atoms with Gasteiger partial charge in [0.05, 0.1) is 0 Å². The van der Waals surface area contributed by atoms with Crippen LogP contribution in [0.1, 0.15) is 36.1 Å². The van der Waals surface area contributed by atoms with E-state index in [-0.39, 0.29) is 0 Å². The summed E-state index contributed by atoms with van der Waals surface area (Å²) >= 11 is 2.01. The Morgan fingerprint density at radius 1 is 1.27 bits per heavy atom. The van der Waals surface area contributed by atoms with Gasteiger partial charge in [0.15, 0.2) is 0 Å². The summed E-state index contributed by atoms with van der Waals surface area (Å²) in [6.07, 6.45) is 1.23. The summed E-state index contributed by atoms with van der Waals surface area (Å²) in [6.45, 7) is 6.71. The third kappa shape index (κ3) is 2.06. The molecule has 1 aliphatic heterocycles. The van der Waals surface area contributed by atoms with Gasteiger partial charge in [-0.3, -0.25) is 0 Å². The molecule has 1 N–H and O–H groups in total. The normalized spacial score (nSPS) is 25.1. The largest absolute Gasteiger partial charge is 0.313 e. The highest BCUT2D eigenvalue weighted by molar-refractivity contribution is 8.00. The van der Waals surface area contributed by atoms with Crippen LogP contribution in [-0.4, -0.2) is 12.3 Å². The summed E-state index contributed by atoms with van der Waals surface area (Å²) in [5.74, 6) is 0. The van der Waals surface area contributed by atoms with Crippen molar-refractivity contribution in [2.75, 3.05) is 7.05 Å². The lowest BCUT2D eigenvalue weighted by Gasteiger charge is -2.29. The second kappa shape index (κ2) is 4.18. The molecule has 0 aromatic heterocycles. The summed E-state index contributed by atoms with van der Waals surface area (Å²) < 4.78 is 0. The molecule has 0 saturated heterocycles. The lowest BCUT2D eigenvalue weighted by Crippen LogP contribution is -2.24. The van der Waals surface area contributed by atoms with E-state index in [4.69, 9.17) is 0 Å². The number of nitrogens with one attached hydrogen (secondary N) is 1. The molecule has 0 spiro atoms. The topological polar surface area (TPSA) is 12.0 Å². The highest BCUT2D eigenvalue weighted by Gasteiger charge is 2.24. The molecule has 2 atom stereocenters. The van der Waals surface area contributed by atoms with E-state index in [9.17, 15) is 0 Å². The smallest absolute Gasteiger partial charge is 0.0339 e. The first kappa shape index (κ1) is 11.0. The molecule has 1 aromatic rings. The van der Waals surface area contributed by atoms with Gasteiger partial charge in [-0.1, -0.05) is 13.0 Å². The van der Waals surface area contributed by atoms with Crippen molar-refractivity contribution < 1.29 is 0 Å². The van der Waals surface area contributed by atoms with E-state index >= 15 is 0 Å². The van der Waals surface area contributed by atoms with Crippen molar-refractivity contribution in [3.63, 3.8) is 0 Å². The first-order valence-corrected chi connectivity index (χ1v) is 6.45. The fourth-order valence-corrected chi connectivity index (χ4v) is 3.49. The van der Waals surface area contributed by atoms with E-state index in [1.54, 1.807) is 0 Å². The minimum Gasteiger partial charge on any atom is -0.313 e. The van der Waals surface area contributed by atoms with Gasteiger partial charge in [-0.2, -0.15) is 0 Å². The van der Waals surface area contributed by atoms with E-state index in [2.05, 4.69) is 45.3 Å². The predicted octanol–water partition coefficient (Wildman–Crippen LogP) is 3.45. The Labute approximate surface area is 96.7 Å². The zero-order valence-corrected chi connectivity index (χ0v) is 10.7. The third-order valence-electron chi connectivity index (χ3n) is 3.25. The summed E-state index contributed by atoms with van der Waals surface area (Å²) in [5.41, 5.74) is 4.30.